The van der Waals surface area contributed by atoms with Crippen LogP contribution >= 0.6 is 15.9 Å². The van der Waals surface area contributed by atoms with Crippen LogP contribution in [0.25, 0.3) is 0 Å². The number of halogens is 1. The first-order valence-electron chi connectivity index (χ1n) is 5.91. The average Bonchev–Trinajstić information content (AvgIpc) is 2.82. The number of rotatable bonds is 3. The van der Waals surface area contributed by atoms with Gasteiger partial charge in [-0.1, -0.05) is 0 Å². The molecule has 1 aliphatic heterocycles. The van der Waals surface area contributed by atoms with E-state index in [-0.39, 0.29) is 16.6 Å². The number of aromatic nitrogens is 1. The molecule has 8 heteroatoms. The summed E-state index contributed by atoms with van der Waals surface area (Å²) in [4.78, 5) is 3.85. The highest BCUT2D eigenvalue weighted by atomic mass is 79.9. The van der Waals surface area contributed by atoms with Crippen molar-refractivity contribution in [2.75, 3.05) is 18.8 Å². The van der Waals surface area contributed by atoms with Gasteiger partial charge in [-0.15, -0.1) is 0 Å². The minimum atomic E-state index is -3.65. The number of anilines is 1. The van der Waals surface area contributed by atoms with Crippen LogP contribution in [0, 0.1) is 5.92 Å². The van der Waals surface area contributed by atoms with Crippen LogP contribution in [0.2, 0.25) is 0 Å². The molecular formula is C11H16BrN3O3S. The van der Waals surface area contributed by atoms with Crippen LogP contribution in [0.3, 0.4) is 0 Å². The molecule has 2 heterocycles. The Morgan fingerprint density at radius 2 is 2.32 bits per heavy atom. The molecule has 1 aromatic rings. The Kier molecular flexibility index (Phi) is 4.14. The summed E-state index contributed by atoms with van der Waals surface area (Å²) in [6.45, 7) is 2.38. The van der Waals surface area contributed by atoms with Gasteiger partial charge in [0.05, 0.1) is 6.10 Å². The van der Waals surface area contributed by atoms with Gasteiger partial charge in [0.2, 0.25) is 10.0 Å². The van der Waals surface area contributed by atoms with Crippen molar-refractivity contribution in [1.29, 1.82) is 0 Å². The summed E-state index contributed by atoms with van der Waals surface area (Å²) in [5, 5.41) is 9.54. The molecule has 2 unspecified atom stereocenters. The van der Waals surface area contributed by atoms with Gasteiger partial charge in [-0.25, -0.2) is 13.4 Å². The maximum Gasteiger partial charge on any atom is 0.246 e. The predicted octanol–water partition coefficient (Wildman–Crippen LogP) is 0.818. The van der Waals surface area contributed by atoms with E-state index in [0.29, 0.717) is 24.0 Å². The topological polar surface area (TPSA) is 96.5 Å². The second-order valence-electron chi connectivity index (χ2n) is 4.69. The lowest BCUT2D eigenvalue weighted by atomic mass is 10.0. The molecule has 0 saturated carbocycles. The maximum atomic E-state index is 12.5. The third-order valence-corrected chi connectivity index (χ3v) is 5.66. The third-order valence-electron chi connectivity index (χ3n) is 3.34. The van der Waals surface area contributed by atoms with Crippen LogP contribution < -0.4 is 5.73 Å². The quantitative estimate of drug-likeness (QED) is 0.841. The molecule has 1 fully saturated rings. The zero-order valence-electron chi connectivity index (χ0n) is 10.5. The molecule has 106 valence electrons. The standard InChI is InChI=1S/C11H16BrN3O3S/c1-7(16)8-2-3-15(6-8)19(17,18)10-4-9(12)5-14-11(10)13/h4-5,7-8,16H,2-3,6H2,1H3,(H2,13,14). The van der Waals surface area contributed by atoms with E-state index in [1.54, 1.807) is 6.92 Å². The van der Waals surface area contributed by atoms with Crippen LogP contribution in [-0.2, 0) is 10.0 Å². The summed E-state index contributed by atoms with van der Waals surface area (Å²) in [5.74, 6) is -0.0418. The van der Waals surface area contributed by atoms with E-state index in [0.717, 1.165) is 0 Å². The molecular weight excluding hydrogens is 334 g/mol. The van der Waals surface area contributed by atoms with Crippen molar-refractivity contribution in [3.05, 3.63) is 16.7 Å². The van der Waals surface area contributed by atoms with Gasteiger partial charge in [0.15, 0.2) is 0 Å². The molecule has 0 aromatic carbocycles. The minimum absolute atomic E-state index is 0.00752. The molecule has 2 rings (SSSR count). The fourth-order valence-corrected chi connectivity index (χ4v) is 4.23. The number of hydrogen-bond donors (Lipinski definition) is 2. The van der Waals surface area contributed by atoms with E-state index in [2.05, 4.69) is 20.9 Å². The molecule has 6 nitrogen and oxygen atoms in total. The SMILES string of the molecule is CC(O)C1CCN(S(=O)(=O)c2cc(Br)cnc2N)C1. The number of aliphatic hydroxyl groups excluding tert-OH is 1. The first-order valence-corrected chi connectivity index (χ1v) is 8.15. The number of nitrogens with two attached hydrogens (primary N) is 1. The first-order chi connectivity index (χ1) is 8.82. The molecule has 1 aromatic heterocycles. The second-order valence-corrected chi connectivity index (χ2v) is 7.51. The fourth-order valence-electron chi connectivity index (χ4n) is 2.14. The highest BCUT2D eigenvalue weighted by Gasteiger charge is 2.35. The number of nitrogen functional groups attached to an aromatic ring is 1. The lowest BCUT2D eigenvalue weighted by Gasteiger charge is -2.18. The van der Waals surface area contributed by atoms with Gasteiger partial charge in [-0.05, 0) is 41.3 Å². The van der Waals surface area contributed by atoms with Crippen molar-refractivity contribution in [2.24, 2.45) is 5.92 Å². The van der Waals surface area contributed by atoms with Crippen LogP contribution in [-0.4, -0.2) is 42.0 Å². The van der Waals surface area contributed by atoms with Crippen molar-refractivity contribution < 1.29 is 13.5 Å². The highest BCUT2D eigenvalue weighted by Crippen LogP contribution is 2.29. The van der Waals surface area contributed by atoms with Crippen molar-refractivity contribution in [3.63, 3.8) is 0 Å². The Morgan fingerprint density at radius 3 is 2.89 bits per heavy atom. The number of nitrogens with zero attached hydrogens (tertiary/aromatic N) is 2. The van der Waals surface area contributed by atoms with Gasteiger partial charge in [0.25, 0.3) is 0 Å². The van der Waals surface area contributed by atoms with Gasteiger partial charge >= 0.3 is 0 Å². The smallest absolute Gasteiger partial charge is 0.246 e. The lowest BCUT2D eigenvalue weighted by molar-refractivity contribution is 0.133. The average molecular weight is 350 g/mol. The van der Waals surface area contributed by atoms with Gasteiger partial charge in [0.1, 0.15) is 10.7 Å². The number of sulfonamides is 1. The highest BCUT2D eigenvalue weighted by molar-refractivity contribution is 9.10. The zero-order chi connectivity index (χ0) is 14.2. The Balaban J connectivity index is 2.31. The monoisotopic (exact) mass is 349 g/mol. The van der Waals surface area contributed by atoms with Crippen LogP contribution in [0.1, 0.15) is 13.3 Å². The summed E-state index contributed by atoms with van der Waals surface area (Å²) in [6, 6.07) is 1.45. The van der Waals surface area contributed by atoms with Crippen molar-refractivity contribution >= 4 is 31.8 Å². The van der Waals surface area contributed by atoms with E-state index in [9.17, 15) is 13.5 Å². The Morgan fingerprint density at radius 1 is 1.63 bits per heavy atom. The van der Waals surface area contributed by atoms with Crippen LogP contribution in [0.5, 0.6) is 0 Å². The van der Waals surface area contributed by atoms with Crippen molar-refractivity contribution in [3.8, 4) is 0 Å². The Labute approximate surface area is 120 Å². The number of aliphatic hydroxyl groups is 1. The largest absolute Gasteiger partial charge is 0.393 e. The predicted molar refractivity (Wildman–Crippen MR) is 74.9 cm³/mol. The van der Waals surface area contributed by atoms with Crippen LogP contribution in [0.15, 0.2) is 21.6 Å². The van der Waals surface area contributed by atoms with E-state index in [1.807, 2.05) is 0 Å². The molecule has 19 heavy (non-hydrogen) atoms. The van der Waals surface area contributed by atoms with Crippen molar-refractivity contribution in [1.82, 2.24) is 9.29 Å². The summed E-state index contributed by atoms with van der Waals surface area (Å²) < 4.78 is 26.9. The van der Waals surface area contributed by atoms with Gasteiger partial charge in [0, 0.05) is 23.8 Å². The van der Waals surface area contributed by atoms with Crippen molar-refractivity contribution in [2.45, 2.75) is 24.3 Å². The van der Waals surface area contributed by atoms with Gasteiger partial charge in [-0.2, -0.15) is 4.31 Å². The molecule has 0 radical (unpaired) electrons. The fraction of sp³-hybridized carbons (Fsp3) is 0.545. The van der Waals surface area contributed by atoms with Gasteiger partial charge in [-0.3, -0.25) is 0 Å². The molecule has 2 atom stereocenters. The molecule has 1 aliphatic rings. The minimum Gasteiger partial charge on any atom is -0.393 e. The first kappa shape index (κ1) is 14.7. The summed E-state index contributed by atoms with van der Waals surface area (Å²) in [6.07, 6.45) is 1.59. The number of pyridine rings is 1. The van der Waals surface area contributed by atoms with E-state index < -0.39 is 16.1 Å². The van der Waals surface area contributed by atoms with E-state index in [1.165, 1.54) is 16.6 Å². The van der Waals surface area contributed by atoms with Gasteiger partial charge < -0.3 is 10.8 Å². The Hall–Kier alpha value is -0.700. The zero-order valence-corrected chi connectivity index (χ0v) is 12.9. The maximum absolute atomic E-state index is 12.5. The lowest BCUT2D eigenvalue weighted by Crippen LogP contribution is -2.31. The molecule has 0 spiro atoms. The molecule has 1 saturated heterocycles. The summed E-state index contributed by atoms with van der Waals surface area (Å²) >= 11 is 3.19. The molecule has 0 bridgehead atoms. The Bertz CT molecular complexity index is 577. The normalized spacial score (nSPS) is 22.6. The molecule has 3 N–H and O–H groups in total. The second kappa shape index (κ2) is 5.35. The molecule has 0 amide bonds. The number of hydrogen-bond acceptors (Lipinski definition) is 5. The summed E-state index contributed by atoms with van der Waals surface area (Å²) in [5.41, 5.74) is 5.65. The molecule has 0 aliphatic carbocycles. The van der Waals surface area contributed by atoms with E-state index >= 15 is 0 Å². The van der Waals surface area contributed by atoms with E-state index in [4.69, 9.17) is 5.73 Å². The summed E-state index contributed by atoms with van der Waals surface area (Å²) in [7, 11) is -3.65. The third kappa shape index (κ3) is 2.91. The van der Waals surface area contributed by atoms with Crippen LogP contribution in [0.4, 0.5) is 5.82 Å².